The van der Waals surface area contributed by atoms with E-state index in [0.29, 0.717) is 22.9 Å². The lowest BCUT2D eigenvalue weighted by molar-refractivity contribution is 0.100. The first kappa shape index (κ1) is 14.6. The van der Waals surface area contributed by atoms with Gasteiger partial charge in [0.25, 0.3) is 0 Å². The van der Waals surface area contributed by atoms with Gasteiger partial charge in [0.1, 0.15) is 0 Å². The van der Waals surface area contributed by atoms with Crippen LogP contribution in [0, 0.1) is 16.7 Å². The molecule has 0 saturated heterocycles. The second-order valence-corrected chi connectivity index (χ2v) is 8.61. The van der Waals surface area contributed by atoms with Gasteiger partial charge in [0.2, 0.25) is 0 Å². The summed E-state index contributed by atoms with van der Waals surface area (Å²) in [5.74, 6) is 0.899. The van der Waals surface area contributed by atoms with Crippen molar-refractivity contribution in [3.63, 3.8) is 0 Å². The van der Waals surface area contributed by atoms with E-state index >= 15 is 0 Å². The van der Waals surface area contributed by atoms with Gasteiger partial charge in [-0.05, 0) is 54.6 Å². The van der Waals surface area contributed by atoms with Crippen LogP contribution in [0.15, 0.2) is 28.7 Å². The molecule has 0 aromatic heterocycles. The molecule has 0 spiro atoms. The average molecular weight is 336 g/mol. The Bertz CT molecular complexity index is 505. The molecular weight excluding hydrogens is 310 g/mol. The van der Waals surface area contributed by atoms with Crippen molar-refractivity contribution in [2.45, 2.75) is 59.0 Å². The second-order valence-electron chi connectivity index (χ2n) is 7.76. The Morgan fingerprint density at radius 2 is 1.95 bits per heavy atom. The quantitative estimate of drug-likeness (QED) is 0.788. The highest BCUT2D eigenvalue weighted by Crippen LogP contribution is 2.62. The Labute approximate surface area is 131 Å². The fourth-order valence-corrected chi connectivity index (χ4v) is 5.51. The smallest absolute Gasteiger partial charge is 0.0305 e. The third-order valence-electron chi connectivity index (χ3n) is 6.06. The highest BCUT2D eigenvalue weighted by atomic mass is 79.9. The molecule has 2 aliphatic rings. The van der Waals surface area contributed by atoms with Crippen molar-refractivity contribution in [2.75, 3.05) is 0 Å². The van der Waals surface area contributed by atoms with E-state index in [4.69, 9.17) is 0 Å². The average Bonchev–Trinajstić information content (AvgIpc) is 2.86. The molecule has 4 atom stereocenters. The van der Waals surface area contributed by atoms with Gasteiger partial charge in [-0.3, -0.25) is 0 Å². The fourth-order valence-electron chi connectivity index (χ4n) is 4.88. The van der Waals surface area contributed by atoms with Crippen LogP contribution in [0.4, 0.5) is 0 Å². The molecular formula is C18H26BrN. The number of nitrogens with one attached hydrogen (secondary N) is 1. The SMILES string of the molecule is C[C@@H](NC1C2(C)CCC(C2)C1(C)C)c1ccccc1Br. The van der Waals surface area contributed by atoms with E-state index in [2.05, 4.69) is 73.2 Å². The van der Waals surface area contributed by atoms with Crippen molar-refractivity contribution in [1.29, 1.82) is 0 Å². The summed E-state index contributed by atoms with van der Waals surface area (Å²) in [6, 6.07) is 9.60. The van der Waals surface area contributed by atoms with Crippen molar-refractivity contribution < 1.29 is 0 Å². The molecule has 2 heteroatoms. The Balaban J connectivity index is 1.83. The molecule has 0 radical (unpaired) electrons. The summed E-state index contributed by atoms with van der Waals surface area (Å²) in [5.41, 5.74) is 2.28. The molecule has 110 valence electrons. The van der Waals surface area contributed by atoms with Crippen LogP contribution in [0.3, 0.4) is 0 Å². The molecule has 0 heterocycles. The molecule has 20 heavy (non-hydrogen) atoms. The molecule has 0 amide bonds. The number of hydrogen-bond acceptors (Lipinski definition) is 1. The first-order chi connectivity index (χ1) is 9.34. The van der Waals surface area contributed by atoms with Crippen molar-refractivity contribution in [3.8, 4) is 0 Å². The number of hydrogen-bond donors (Lipinski definition) is 1. The summed E-state index contributed by atoms with van der Waals surface area (Å²) >= 11 is 3.69. The molecule has 1 nitrogen and oxygen atoms in total. The van der Waals surface area contributed by atoms with Crippen molar-refractivity contribution >= 4 is 15.9 Å². The molecule has 3 rings (SSSR count). The molecule has 2 saturated carbocycles. The normalized spacial score (nSPS) is 36.2. The maximum atomic E-state index is 3.97. The Morgan fingerprint density at radius 3 is 2.55 bits per heavy atom. The largest absolute Gasteiger partial charge is 0.306 e. The van der Waals surface area contributed by atoms with Gasteiger partial charge in [0.15, 0.2) is 0 Å². The Morgan fingerprint density at radius 1 is 1.25 bits per heavy atom. The summed E-state index contributed by atoms with van der Waals surface area (Å²) in [6.07, 6.45) is 4.22. The minimum Gasteiger partial charge on any atom is -0.306 e. The zero-order valence-electron chi connectivity index (χ0n) is 13.0. The standard InChI is InChI=1S/C18H26BrN/c1-12(14-7-5-6-8-15(14)19)20-16-17(2,3)13-9-10-18(16,4)11-13/h5-8,12-13,16,20H,9-11H2,1-4H3/t12-,13?,16?,18?/m1/s1. The monoisotopic (exact) mass is 335 g/mol. The first-order valence-electron chi connectivity index (χ1n) is 7.85. The molecule has 1 aromatic carbocycles. The van der Waals surface area contributed by atoms with Crippen LogP contribution in [0.2, 0.25) is 0 Å². The van der Waals surface area contributed by atoms with E-state index in [1.54, 1.807) is 0 Å². The maximum Gasteiger partial charge on any atom is 0.0305 e. The lowest BCUT2D eigenvalue weighted by Crippen LogP contribution is -2.51. The van der Waals surface area contributed by atoms with Gasteiger partial charge in [-0.1, -0.05) is 54.9 Å². The maximum absolute atomic E-state index is 3.97. The van der Waals surface area contributed by atoms with Crippen LogP contribution >= 0.6 is 15.9 Å². The molecule has 2 aliphatic carbocycles. The second kappa shape index (κ2) is 4.84. The predicted octanol–water partition coefficient (Wildman–Crippen LogP) is 5.31. The van der Waals surface area contributed by atoms with Crippen molar-refractivity contribution in [3.05, 3.63) is 34.3 Å². The fraction of sp³-hybridized carbons (Fsp3) is 0.667. The van der Waals surface area contributed by atoms with Gasteiger partial charge >= 0.3 is 0 Å². The van der Waals surface area contributed by atoms with Crippen molar-refractivity contribution in [2.24, 2.45) is 16.7 Å². The Hall–Kier alpha value is -0.340. The summed E-state index contributed by atoms with van der Waals surface area (Å²) < 4.78 is 1.21. The zero-order chi connectivity index (χ0) is 14.5. The van der Waals surface area contributed by atoms with Crippen LogP contribution < -0.4 is 5.32 Å². The third kappa shape index (κ3) is 2.16. The summed E-state index contributed by atoms with van der Waals surface area (Å²) in [5, 5.41) is 3.97. The van der Waals surface area contributed by atoms with Crippen LogP contribution in [0.25, 0.3) is 0 Å². The molecule has 2 fully saturated rings. The van der Waals surface area contributed by atoms with Gasteiger partial charge in [-0.25, -0.2) is 0 Å². The minimum absolute atomic E-state index is 0.394. The van der Waals surface area contributed by atoms with Gasteiger partial charge in [-0.15, -0.1) is 0 Å². The van der Waals surface area contributed by atoms with Gasteiger partial charge < -0.3 is 5.32 Å². The molecule has 1 aromatic rings. The van der Waals surface area contributed by atoms with Crippen LogP contribution in [0.1, 0.15) is 58.6 Å². The lowest BCUT2D eigenvalue weighted by Gasteiger charge is -2.44. The van der Waals surface area contributed by atoms with Crippen molar-refractivity contribution in [1.82, 2.24) is 5.32 Å². The minimum atomic E-state index is 0.394. The first-order valence-corrected chi connectivity index (χ1v) is 8.64. The predicted molar refractivity (Wildman–Crippen MR) is 88.7 cm³/mol. The van der Waals surface area contributed by atoms with Gasteiger partial charge in [-0.2, -0.15) is 0 Å². The highest BCUT2D eigenvalue weighted by molar-refractivity contribution is 9.10. The van der Waals surface area contributed by atoms with E-state index in [1.165, 1.54) is 29.3 Å². The van der Waals surface area contributed by atoms with Gasteiger partial charge in [0.05, 0.1) is 0 Å². The van der Waals surface area contributed by atoms with E-state index < -0.39 is 0 Å². The molecule has 0 aliphatic heterocycles. The third-order valence-corrected chi connectivity index (χ3v) is 6.78. The number of fused-ring (bicyclic) bond motifs is 2. The van der Waals surface area contributed by atoms with E-state index in [9.17, 15) is 0 Å². The summed E-state index contributed by atoms with van der Waals surface area (Å²) in [4.78, 5) is 0. The number of benzene rings is 1. The Kier molecular flexibility index (Phi) is 3.53. The lowest BCUT2D eigenvalue weighted by atomic mass is 9.68. The summed E-state index contributed by atoms with van der Waals surface area (Å²) in [7, 11) is 0. The van der Waals surface area contributed by atoms with E-state index in [-0.39, 0.29) is 0 Å². The number of halogens is 1. The van der Waals surface area contributed by atoms with Crippen LogP contribution in [-0.2, 0) is 0 Å². The van der Waals surface area contributed by atoms with Gasteiger partial charge in [0, 0.05) is 16.6 Å². The molecule has 3 unspecified atom stereocenters. The van der Waals surface area contributed by atoms with E-state index in [0.717, 1.165) is 5.92 Å². The molecule has 1 N–H and O–H groups in total. The zero-order valence-corrected chi connectivity index (χ0v) is 14.6. The van der Waals surface area contributed by atoms with Crippen LogP contribution in [-0.4, -0.2) is 6.04 Å². The molecule has 2 bridgehead atoms. The van der Waals surface area contributed by atoms with Crippen LogP contribution in [0.5, 0.6) is 0 Å². The highest BCUT2D eigenvalue weighted by Gasteiger charge is 2.59. The van der Waals surface area contributed by atoms with E-state index in [1.807, 2.05) is 0 Å². The summed E-state index contributed by atoms with van der Waals surface area (Å²) in [6.45, 7) is 9.72. The number of rotatable bonds is 3. The topological polar surface area (TPSA) is 12.0 Å².